The van der Waals surface area contributed by atoms with Gasteiger partial charge in [-0.2, -0.15) is 0 Å². The zero-order valence-corrected chi connectivity index (χ0v) is 13.1. The molecule has 1 fully saturated rings. The van der Waals surface area contributed by atoms with Crippen LogP contribution in [0.2, 0.25) is 0 Å². The van der Waals surface area contributed by atoms with E-state index >= 15 is 0 Å². The normalized spacial score (nSPS) is 21.5. The highest BCUT2D eigenvalue weighted by Gasteiger charge is 2.32. The summed E-state index contributed by atoms with van der Waals surface area (Å²) in [6, 6.07) is 1.17. The number of benzene rings is 1. The predicted octanol–water partition coefficient (Wildman–Crippen LogP) is 3.23. The summed E-state index contributed by atoms with van der Waals surface area (Å²) in [7, 11) is 0.855. The minimum absolute atomic E-state index is 0.0363. The van der Waals surface area contributed by atoms with E-state index in [0.717, 1.165) is 6.42 Å². The van der Waals surface area contributed by atoms with E-state index in [-0.39, 0.29) is 18.3 Å². The van der Waals surface area contributed by atoms with Crippen molar-refractivity contribution in [1.82, 2.24) is 0 Å². The molecule has 0 aromatic heterocycles. The molecule has 1 unspecified atom stereocenters. The smallest absolute Gasteiger partial charge is 0.265 e. The third-order valence-corrected chi connectivity index (χ3v) is 4.53. The third-order valence-electron chi connectivity index (χ3n) is 3.20. The van der Waals surface area contributed by atoms with Gasteiger partial charge in [-0.25, -0.2) is 17.2 Å². The first-order valence-corrected chi connectivity index (χ1v) is 8.64. The molecule has 8 heteroatoms. The van der Waals surface area contributed by atoms with Gasteiger partial charge in [0.1, 0.15) is 17.3 Å². The summed E-state index contributed by atoms with van der Waals surface area (Å²) in [5.41, 5.74) is -0.295. The van der Waals surface area contributed by atoms with Crippen molar-refractivity contribution < 1.29 is 26.7 Å². The van der Waals surface area contributed by atoms with Gasteiger partial charge in [0, 0.05) is 16.7 Å². The quantitative estimate of drug-likeness (QED) is 0.790. The van der Waals surface area contributed by atoms with Gasteiger partial charge in [0.2, 0.25) is 0 Å². The zero-order chi connectivity index (χ0) is 15.8. The first-order valence-electron chi connectivity index (χ1n) is 6.33. The van der Waals surface area contributed by atoms with Crippen molar-refractivity contribution in [3.8, 4) is 5.75 Å². The van der Waals surface area contributed by atoms with Crippen LogP contribution in [0.15, 0.2) is 17.0 Å². The van der Waals surface area contributed by atoms with Gasteiger partial charge in [0.05, 0.1) is 11.7 Å². The van der Waals surface area contributed by atoms with Crippen LogP contribution < -0.4 is 4.74 Å². The molecule has 1 aliphatic heterocycles. The van der Waals surface area contributed by atoms with Gasteiger partial charge >= 0.3 is 0 Å². The Balaban J connectivity index is 2.20. The predicted molar refractivity (Wildman–Crippen MR) is 73.1 cm³/mol. The molecule has 0 amide bonds. The topological polar surface area (TPSA) is 52.6 Å². The van der Waals surface area contributed by atoms with Gasteiger partial charge in [-0.3, -0.25) is 0 Å². The minimum atomic E-state index is -4.32. The summed E-state index contributed by atoms with van der Waals surface area (Å²) >= 11 is 0. The summed E-state index contributed by atoms with van der Waals surface area (Å²) in [6.07, 6.45) is 1.24. The number of hydrogen-bond acceptors (Lipinski definition) is 4. The highest BCUT2D eigenvalue weighted by Crippen LogP contribution is 2.33. The molecular weight excluding hydrogens is 326 g/mol. The average molecular weight is 341 g/mol. The van der Waals surface area contributed by atoms with Crippen molar-refractivity contribution >= 4 is 19.7 Å². The van der Waals surface area contributed by atoms with Crippen LogP contribution in [0.25, 0.3) is 0 Å². The molecule has 0 saturated carbocycles. The summed E-state index contributed by atoms with van der Waals surface area (Å²) in [4.78, 5) is -0.723. The van der Waals surface area contributed by atoms with Crippen molar-refractivity contribution in [2.24, 2.45) is 0 Å². The standard InChI is InChI=1S/C13H15ClF2O4S/c1-13(2)4-3-9(20-13)7-19-12-10(16)5-8(15)6-11(12)21(14,17)18/h5-6,9H,3-4,7H2,1-2H3. The Labute approximate surface area is 126 Å². The van der Waals surface area contributed by atoms with E-state index in [4.69, 9.17) is 20.2 Å². The maximum atomic E-state index is 13.7. The van der Waals surface area contributed by atoms with E-state index in [0.29, 0.717) is 18.6 Å². The Kier molecular flexibility index (Phi) is 4.46. The lowest BCUT2D eigenvalue weighted by atomic mass is 10.1. The Morgan fingerprint density at radius 2 is 2.10 bits per heavy atom. The molecule has 0 radical (unpaired) electrons. The molecule has 2 rings (SSSR count). The molecule has 4 nitrogen and oxygen atoms in total. The molecule has 1 aromatic carbocycles. The van der Waals surface area contributed by atoms with Gasteiger partial charge in [0.15, 0.2) is 11.6 Å². The van der Waals surface area contributed by atoms with Gasteiger partial charge in [-0.1, -0.05) is 0 Å². The second kappa shape index (κ2) is 5.70. The maximum Gasteiger partial charge on any atom is 0.265 e. The number of halogens is 3. The summed E-state index contributed by atoms with van der Waals surface area (Å²) in [5, 5.41) is 0. The van der Waals surface area contributed by atoms with E-state index in [1.807, 2.05) is 13.8 Å². The lowest BCUT2D eigenvalue weighted by Crippen LogP contribution is -2.24. The monoisotopic (exact) mass is 340 g/mol. The van der Waals surface area contributed by atoms with Crippen molar-refractivity contribution in [2.45, 2.75) is 43.3 Å². The second-order valence-electron chi connectivity index (χ2n) is 5.50. The number of hydrogen-bond donors (Lipinski definition) is 0. The van der Waals surface area contributed by atoms with Crippen LogP contribution in [0.1, 0.15) is 26.7 Å². The molecule has 0 spiro atoms. The van der Waals surface area contributed by atoms with Crippen molar-refractivity contribution in [3.05, 3.63) is 23.8 Å². The molecule has 0 N–H and O–H groups in total. The molecule has 118 valence electrons. The maximum absolute atomic E-state index is 13.7. The van der Waals surface area contributed by atoms with E-state index in [2.05, 4.69) is 0 Å². The highest BCUT2D eigenvalue weighted by molar-refractivity contribution is 8.13. The van der Waals surface area contributed by atoms with E-state index in [1.165, 1.54) is 0 Å². The lowest BCUT2D eigenvalue weighted by molar-refractivity contribution is -0.0334. The van der Waals surface area contributed by atoms with Crippen molar-refractivity contribution in [3.63, 3.8) is 0 Å². The minimum Gasteiger partial charge on any atom is -0.486 e. The van der Waals surface area contributed by atoms with Gasteiger partial charge < -0.3 is 9.47 Å². The molecule has 1 aliphatic rings. The van der Waals surface area contributed by atoms with E-state index < -0.39 is 31.3 Å². The largest absolute Gasteiger partial charge is 0.486 e. The Hall–Kier alpha value is -0.920. The van der Waals surface area contributed by atoms with E-state index in [1.54, 1.807) is 0 Å². The number of rotatable bonds is 4. The van der Waals surface area contributed by atoms with Crippen LogP contribution >= 0.6 is 10.7 Å². The van der Waals surface area contributed by atoms with Crippen molar-refractivity contribution in [1.29, 1.82) is 0 Å². The number of ether oxygens (including phenoxy) is 2. The molecule has 1 aromatic rings. The molecule has 1 atom stereocenters. The average Bonchev–Trinajstić information content (AvgIpc) is 2.65. The summed E-state index contributed by atoms with van der Waals surface area (Å²) < 4.78 is 60.5. The van der Waals surface area contributed by atoms with Crippen LogP contribution in [0.3, 0.4) is 0 Å². The summed E-state index contributed by atoms with van der Waals surface area (Å²) in [6.45, 7) is 3.80. The Morgan fingerprint density at radius 3 is 2.62 bits per heavy atom. The second-order valence-corrected chi connectivity index (χ2v) is 8.04. The van der Waals surface area contributed by atoms with Crippen LogP contribution in [-0.4, -0.2) is 26.7 Å². The molecular formula is C13H15ClF2O4S. The first-order chi connectivity index (χ1) is 9.58. The van der Waals surface area contributed by atoms with Crippen molar-refractivity contribution in [2.75, 3.05) is 6.61 Å². The van der Waals surface area contributed by atoms with Gasteiger partial charge in [-0.05, 0) is 32.8 Å². The van der Waals surface area contributed by atoms with Gasteiger partial charge in [-0.15, -0.1) is 0 Å². The lowest BCUT2D eigenvalue weighted by Gasteiger charge is -2.20. The fourth-order valence-electron chi connectivity index (χ4n) is 2.23. The van der Waals surface area contributed by atoms with Crippen LogP contribution in [0.4, 0.5) is 8.78 Å². The first kappa shape index (κ1) is 16.5. The molecule has 0 bridgehead atoms. The van der Waals surface area contributed by atoms with Crippen LogP contribution in [0.5, 0.6) is 5.75 Å². The molecule has 1 heterocycles. The molecule has 0 aliphatic carbocycles. The van der Waals surface area contributed by atoms with Gasteiger partial charge in [0.25, 0.3) is 9.05 Å². The molecule has 21 heavy (non-hydrogen) atoms. The Bertz CT molecular complexity index is 646. The Morgan fingerprint density at radius 1 is 1.43 bits per heavy atom. The fraction of sp³-hybridized carbons (Fsp3) is 0.538. The summed E-state index contributed by atoms with van der Waals surface area (Å²) in [5.74, 6) is -2.75. The van der Waals surface area contributed by atoms with Crippen LogP contribution in [0, 0.1) is 11.6 Å². The van der Waals surface area contributed by atoms with Crippen LogP contribution in [-0.2, 0) is 13.8 Å². The molecule has 1 saturated heterocycles. The SMILES string of the molecule is CC1(C)CCC(COc2c(F)cc(F)cc2S(=O)(=O)Cl)O1. The fourth-order valence-corrected chi connectivity index (χ4v) is 3.20. The third kappa shape index (κ3) is 4.05. The zero-order valence-electron chi connectivity index (χ0n) is 11.5. The highest BCUT2D eigenvalue weighted by atomic mass is 35.7. The van der Waals surface area contributed by atoms with E-state index in [9.17, 15) is 17.2 Å².